The van der Waals surface area contributed by atoms with Gasteiger partial charge in [-0.2, -0.15) is 0 Å². The summed E-state index contributed by atoms with van der Waals surface area (Å²) < 4.78 is 1.94. The second-order valence-electron chi connectivity index (χ2n) is 7.45. The number of nitrogen functional groups attached to an aromatic ring is 1. The van der Waals surface area contributed by atoms with Crippen LogP contribution >= 0.6 is 22.6 Å². The molecule has 2 radical (unpaired) electrons. The molecule has 0 aliphatic heterocycles. The van der Waals surface area contributed by atoms with Crippen molar-refractivity contribution in [3.05, 3.63) is 82.8 Å². The fourth-order valence-corrected chi connectivity index (χ4v) is 4.12. The number of hydrogen-bond acceptors (Lipinski definition) is 5. The number of pyridine rings is 1. The quantitative estimate of drug-likeness (QED) is 0.233. The minimum absolute atomic E-state index is 0.0501. The number of nitrogens with one attached hydrogen (secondary N) is 1. The van der Waals surface area contributed by atoms with Gasteiger partial charge in [-0.1, -0.05) is 37.0 Å². The SMILES string of the molecule is [B]c1cc(C)cc(C(=O)c2c(C(C)C)c(=O)[nH]c(=O)n2Cc2cc(N)nc(I)c2)c1. The number of carbonyl (C=O) groups excluding carboxylic acids is 1. The maximum Gasteiger partial charge on any atom is 0.329 e. The molecule has 3 aromatic rings. The first-order chi connectivity index (χ1) is 14.1. The molecule has 0 amide bonds. The summed E-state index contributed by atoms with van der Waals surface area (Å²) in [5, 5.41) is 0. The summed E-state index contributed by atoms with van der Waals surface area (Å²) in [6, 6.07) is 8.37. The van der Waals surface area contributed by atoms with Crippen molar-refractivity contribution in [3.8, 4) is 0 Å². The van der Waals surface area contributed by atoms with Gasteiger partial charge in [0.15, 0.2) is 0 Å². The molecule has 7 nitrogen and oxygen atoms in total. The molecule has 0 spiro atoms. The van der Waals surface area contributed by atoms with E-state index in [-0.39, 0.29) is 23.7 Å². The van der Waals surface area contributed by atoms with E-state index < -0.39 is 17.0 Å². The maximum absolute atomic E-state index is 13.5. The Bertz CT molecular complexity index is 1220. The zero-order chi connectivity index (χ0) is 22.2. The molecule has 2 aromatic heterocycles. The van der Waals surface area contributed by atoms with Crippen LogP contribution in [-0.4, -0.2) is 28.2 Å². The third-order valence-electron chi connectivity index (χ3n) is 4.60. The van der Waals surface area contributed by atoms with E-state index in [9.17, 15) is 14.4 Å². The molecule has 0 fully saturated rings. The Morgan fingerprint density at radius 1 is 1.23 bits per heavy atom. The van der Waals surface area contributed by atoms with Gasteiger partial charge in [0.25, 0.3) is 5.56 Å². The summed E-state index contributed by atoms with van der Waals surface area (Å²) in [4.78, 5) is 45.3. The molecule has 2 heterocycles. The highest BCUT2D eigenvalue weighted by Crippen LogP contribution is 2.20. The number of aromatic nitrogens is 3. The lowest BCUT2D eigenvalue weighted by Gasteiger charge is -2.18. The van der Waals surface area contributed by atoms with Gasteiger partial charge in [-0.15, -0.1) is 0 Å². The largest absolute Gasteiger partial charge is 0.384 e. The first-order valence-corrected chi connectivity index (χ1v) is 10.4. The second-order valence-corrected chi connectivity index (χ2v) is 8.55. The highest BCUT2D eigenvalue weighted by Gasteiger charge is 2.25. The Kier molecular flexibility index (Phi) is 6.30. The van der Waals surface area contributed by atoms with E-state index in [1.807, 2.05) is 29.5 Å². The molecule has 0 aliphatic carbocycles. The molecule has 0 unspecified atom stereocenters. The first kappa shape index (κ1) is 22.0. The number of carbonyl (C=O) groups is 1. The van der Waals surface area contributed by atoms with Gasteiger partial charge in [0.2, 0.25) is 5.78 Å². The zero-order valence-electron chi connectivity index (χ0n) is 16.8. The molecule has 1 aromatic carbocycles. The minimum Gasteiger partial charge on any atom is -0.384 e. The normalized spacial score (nSPS) is 11.1. The molecule has 30 heavy (non-hydrogen) atoms. The van der Waals surface area contributed by atoms with Crippen molar-refractivity contribution in [3.63, 3.8) is 0 Å². The van der Waals surface area contributed by atoms with Crippen LogP contribution in [-0.2, 0) is 6.54 Å². The van der Waals surface area contributed by atoms with Crippen molar-refractivity contribution < 1.29 is 4.79 Å². The number of ketones is 1. The van der Waals surface area contributed by atoms with Crippen LogP contribution in [0.15, 0.2) is 39.9 Å². The average molecular weight is 514 g/mol. The molecule has 0 saturated heterocycles. The van der Waals surface area contributed by atoms with Crippen LogP contribution in [0.1, 0.15) is 52.5 Å². The van der Waals surface area contributed by atoms with Crippen LogP contribution in [0, 0.1) is 10.6 Å². The first-order valence-electron chi connectivity index (χ1n) is 9.27. The number of aromatic amines is 1. The Labute approximate surface area is 188 Å². The minimum atomic E-state index is -0.668. The van der Waals surface area contributed by atoms with Crippen LogP contribution in [0.2, 0.25) is 0 Å². The van der Waals surface area contributed by atoms with Gasteiger partial charge < -0.3 is 5.73 Å². The van der Waals surface area contributed by atoms with Crippen LogP contribution in [0.25, 0.3) is 0 Å². The third kappa shape index (κ3) is 4.56. The number of anilines is 1. The zero-order valence-corrected chi connectivity index (χ0v) is 19.0. The van der Waals surface area contributed by atoms with Crippen molar-refractivity contribution >= 4 is 47.5 Å². The number of benzene rings is 1. The summed E-state index contributed by atoms with van der Waals surface area (Å²) in [7, 11) is 5.92. The summed E-state index contributed by atoms with van der Waals surface area (Å²) in [5.74, 6) is -0.420. The van der Waals surface area contributed by atoms with Crippen LogP contribution in [0.3, 0.4) is 0 Å². The molecule has 0 aliphatic rings. The van der Waals surface area contributed by atoms with Crippen molar-refractivity contribution in [1.82, 2.24) is 14.5 Å². The lowest BCUT2D eigenvalue weighted by Crippen LogP contribution is -2.38. The molecule has 9 heteroatoms. The van der Waals surface area contributed by atoms with Gasteiger partial charge in [0, 0.05) is 11.1 Å². The van der Waals surface area contributed by atoms with E-state index in [1.54, 1.807) is 44.2 Å². The maximum atomic E-state index is 13.5. The number of nitrogens with zero attached hydrogens (tertiary/aromatic N) is 2. The molecule has 0 atom stereocenters. The highest BCUT2D eigenvalue weighted by molar-refractivity contribution is 14.1. The predicted octanol–water partition coefficient (Wildman–Crippen LogP) is 1.62. The third-order valence-corrected chi connectivity index (χ3v) is 5.16. The van der Waals surface area contributed by atoms with E-state index in [2.05, 4.69) is 9.97 Å². The van der Waals surface area contributed by atoms with Crippen LogP contribution < -0.4 is 22.4 Å². The number of aryl methyl sites for hydroxylation is 1. The van der Waals surface area contributed by atoms with E-state index in [0.717, 1.165) is 5.56 Å². The fraction of sp³-hybridized carbons (Fsp3) is 0.238. The van der Waals surface area contributed by atoms with Crippen molar-refractivity contribution in [1.29, 1.82) is 0 Å². The van der Waals surface area contributed by atoms with Crippen molar-refractivity contribution in [2.24, 2.45) is 0 Å². The lowest BCUT2D eigenvalue weighted by molar-refractivity contribution is 0.102. The van der Waals surface area contributed by atoms with Gasteiger partial charge in [0.1, 0.15) is 23.1 Å². The number of halogens is 1. The Hall–Kier alpha value is -2.69. The fourth-order valence-electron chi connectivity index (χ4n) is 3.44. The highest BCUT2D eigenvalue weighted by atomic mass is 127. The topological polar surface area (TPSA) is 111 Å². The molecule has 0 saturated carbocycles. The van der Waals surface area contributed by atoms with Crippen molar-refractivity contribution in [2.75, 3.05) is 5.73 Å². The number of rotatable bonds is 5. The molecule has 0 bridgehead atoms. The summed E-state index contributed by atoms with van der Waals surface area (Å²) >= 11 is 2.03. The smallest absolute Gasteiger partial charge is 0.329 e. The van der Waals surface area contributed by atoms with E-state index >= 15 is 0 Å². The van der Waals surface area contributed by atoms with Gasteiger partial charge in [0.05, 0.1) is 6.54 Å². The Morgan fingerprint density at radius 2 is 1.93 bits per heavy atom. The molecular formula is C21H20BIN4O3. The lowest BCUT2D eigenvalue weighted by atomic mass is 9.89. The molecule has 3 rings (SSSR count). The molecule has 3 N–H and O–H groups in total. The number of H-pyrrole nitrogens is 1. The van der Waals surface area contributed by atoms with Gasteiger partial charge in [-0.25, -0.2) is 9.78 Å². The second kappa shape index (κ2) is 8.59. The summed E-state index contributed by atoms with van der Waals surface area (Å²) in [6.07, 6.45) is 0. The van der Waals surface area contributed by atoms with Gasteiger partial charge in [-0.3, -0.25) is 19.1 Å². The van der Waals surface area contributed by atoms with Crippen LogP contribution in [0.5, 0.6) is 0 Å². The average Bonchev–Trinajstić information content (AvgIpc) is 2.61. The number of nitrogens with two attached hydrogens (primary N) is 1. The van der Waals surface area contributed by atoms with Crippen LogP contribution in [0.4, 0.5) is 5.82 Å². The van der Waals surface area contributed by atoms with Gasteiger partial charge >= 0.3 is 5.69 Å². The van der Waals surface area contributed by atoms with E-state index in [0.29, 0.717) is 26.1 Å². The number of hydrogen-bond donors (Lipinski definition) is 2. The molecular weight excluding hydrogens is 494 g/mol. The van der Waals surface area contributed by atoms with E-state index in [4.69, 9.17) is 13.6 Å². The Morgan fingerprint density at radius 3 is 2.53 bits per heavy atom. The van der Waals surface area contributed by atoms with Crippen molar-refractivity contribution in [2.45, 2.75) is 33.2 Å². The van der Waals surface area contributed by atoms with E-state index in [1.165, 1.54) is 4.57 Å². The summed E-state index contributed by atoms with van der Waals surface area (Å²) in [6.45, 7) is 5.48. The van der Waals surface area contributed by atoms with Gasteiger partial charge in [-0.05, 0) is 59.2 Å². The molecule has 152 valence electrons. The Balaban J connectivity index is 2.29. The summed E-state index contributed by atoms with van der Waals surface area (Å²) in [5.41, 5.74) is 7.13. The standard InChI is InChI=1S/C21H20BIN4O3/c1-10(2)17-18(19(28)13-4-11(3)5-14(22)8-13)27(21(30)26-20(17)29)9-12-6-15(23)25-16(24)7-12/h4-8,10H,9H2,1-3H3,(H2,24,25)(H,26,29,30). The predicted molar refractivity (Wildman–Crippen MR) is 126 cm³/mol. The monoisotopic (exact) mass is 514 g/mol.